The van der Waals surface area contributed by atoms with E-state index in [0.29, 0.717) is 10.0 Å². The maximum absolute atomic E-state index is 12.8. The fourth-order valence-electron chi connectivity index (χ4n) is 2.82. The van der Waals surface area contributed by atoms with Crippen molar-refractivity contribution in [1.29, 1.82) is 0 Å². The molecule has 1 saturated carbocycles. The fraction of sp³-hybridized carbons (Fsp3) is 0.571. The minimum atomic E-state index is -4.40. The summed E-state index contributed by atoms with van der Waals surface area (Å²) in [7, 11) is 1.37. The van der Waals surface area contributed by atoms with Gasteiger partial charge in [-0.2, -0.15) is 13.2 Å². The van der Waals surface area contributed by atoms with Gasteiger partial charge in [0.05, 0.1) is 12.7 Å². The van der Waals surface area contributed by atoms with Crippen molar-refractivity contribution in [3.63, 3.8) is 0 Å². The zero-order chi connectivity index (χ0) is 15.0. The van der Waals surface area contributed by atoms with Crippen molar-refractivity contribution in [2.75, 3.05) is 7.11 Å². The Labute approximate surface area is 124 Å². The largest absolute Gasteiger partial charge is 0.496 e. The van der Waals surface area contributed by atoms with Crippen molar-refractivity contribution >= 4 is 15.9 Å². The van der Waals surface area contributed by atoms with Crippen LogP contribution in [0.4, 0.5) is 13.2 Å². The highest BCUT2D eigenvalue weighted by atomic mass is 79.9. The predicted molar refractivity (Wildman–Crippen MR) is 74.6 cm³/mol. The standard InChI is InChI=1S/C14H17BrF3NO/c1-20-11-8-9(14(16,17)18)7-10(15)12(11)13(19)5-3-2-4-6-13/h7-8H,2-6,19H2,1H3. The Morgan fingerprint density at radius 3 is 2.30 bits per heavy atom. The second kappa shape index (κ2) is 5.56. The van der Waals surface area contributed by atoms with E-state index in [0.717, 1.165) is 44.2 Å². The van der Waals surface area contributed by atoms with Crippen LogP contribution in [0.2, 0.25) is 0 Å². The van der Waals surface area contributed by atoms with Gasteiger partial charge in [-0.25, -0.2) is 0 Å². The molecule has 112 valence electrons. The monoisotopic (exact) mass is 351 g/mol. The molecule has 0 atom stereocenters. The number of nitrogens with two attached hydrogens (primary N) is 1. The molecule has 0 bridgehead atoms. The summed E-state index contributed by atoms with van der Waals surface area (Å²) in [6.45, 7) is 0. The average molecular weight is 352 g/mol. The lowest BCUT2D eigenvalue weighted by Gasteiger charge is -2.36. The Balaban J connectivity index is 2.53. The molecule has 0 spiro atoms. The Morgan fingerprint density at radius 1 is 1.20 bits per heavy atom. The first-order valence-corrected chi connectivity index (χ1v) is 7.31. The number of ether oxygens (including phenoxy) is 1. The lowest BCUT2D eigenvalue weighted by molar-refractivity contribution is -0.137. The van der Waals surface area contributed by atoms with E-state index in [1.165, 1.54) is 7.11 Å². The van der Waals surface area contributed by atoms with Gasteiger partial charge in [-0.15, -0.1) is 0 Å². The Hall–Kier alpha value is -0.750. The number of methoxy groups -OCH3 is 1. The van der Waals surface area contributed by atoms with E-state index in [-0.39, 0.29) is 5.75 Å². The zero-order valence-electron chi connectivity index (χ0n) is 11.2. The predicted octanol–water partition coefficient (Wildman–Crippen LogP) is 4.59. The molecule has 0 heterocycles. The van der Waals surface area contributed by atoms with E-state index in [4.69, 9.17) is 10.5 Å². The van der Waals surface area contributed by atoms with Gasteiger partial charge in [-0.05, 0) is 25.0 Å². The molecule has 1 aliphatic carbocycles. The molecule has 1 fully saturated rings. The molecule has 1 aromatic rings. The maximum Gasteiger partial charge on any atom is 0.416 e. The third kappa shape index (κ3) is 2.96. The Kier molecular flexibility index (Phi) is 4.35. The quantitative estimate of drug-likeness (QED) is 0.845. The highest BCUT2D eigenvalue weighted by Gasteiger charge is 2.37. The maximum atomic E-state index is 12.8. The molecule has 0 amide bonds. The summed E-state index contributed by atoms with van der Waals surface area (Å²) in [4.78, 5) is 0. The van der Waals surface area contributed by atoms with Crippen molar-refractivity contribution < 1.29 is 17.9 Å². The van der Waals surface area contributed by atoms with E-state index >= 15 is 0 Å². The highest BCUT2D eigenvalue weighted by Crippen LogP contribution is 2.45. The van der Waals surface area contributed by atoms with E-state index in [2.05, 4.69) is 15.9 Å². The van der Waals surface area contributed by atoms with E-state index in [1.807, 2.05) is 0 Å². The molecule has 1 aromatic carbocycles. The summed E-state index contributed by atoms with van der Waals surface area (Å²) in [5.74, 6) is 0.205. The molecular weight excluding hydrogens is 335 g/mol. The van der Waals surface area contributed by atoms with Crippen LogP contribution < -0.4 is 10.5 Å². The van der Waals surface area contributed by atoms with Gasteiger partial charge in [-0.3, -0.25) is 0 Å². The Bertz CT molecular complexity index is 496. The summed E-state index contributed by atoms with van der Waals surface area (Å²) in [5.41, 5.74) is 5.72. The molecule has 6 heteroatoms. The minimum absolute atomic E-state index is 0.205. The molecule has 0 aromatic heterocycles. The summed E-state index contributed by atoms with van der Waals surface area (Å²) in [5, 5.41) is 0. The number of hydrogen-bond donors (Lipinski definition) is 1. The van der Waals surface area contributed by atoms with Gasteiger partial charge in [-0.1, -0.05) is 35.2 Å². The van der Waals surface area contributed by atoms with Crippen LogP contribution in [0.25, 0.3) is 0 Å². The van der Waals surface area contributed by atoms with Crippen LogP contribution in [0.1, 0.15) is 43.2 Å². The van der Waals surface area contributed by atoms with Gasteiger partial charge in [0.2, 0.25) is 0 Å². The van der Waals surface area contributed by atoms with Crippen LogP contribution in [0, 0.1) is 0 Å². The van der Waals surface area contributed by atoms with Crippen molar-refractivity contribution in [3.8, 4) is 5.75 Å². The zero-order valence-corrected chi connectivity index (χ0v) is 12.8. The number of alkyl halides is 3. The molecule has 20 heavy (non-hydrogen) atoms. The molecular formula is C14H17BrF3NO. The van der Waals surface area contributed by atoms with Crippen LogP contribution in [0.15, 0.2) is 16.6 Å². The van der Waals surface area contributed by atoms with Crippen molar-refractivity contribution in [2.45, 2.75) is 43.8 Å². The third-order valence-electron chi connectivity index (χ3n) is 3.84. The molecule has 0 saturated heterocycles. The van der Waals surface area contributed by atoms with Crippen LogP contribution in [-0.2, 0) is 11.7 Å². The molecule has 2 rings (SSSR count). The minimum Gasteiger partial charge on any atom is -0.496 e. The van der Waals surface area contributed by atoms with Crippen LogP contribution in [0.5, 0.6) is 5.75 Å². The molecule has 0 radical (unpaired) electrons. The van der Waals surface area contributed by atoms with Gasteiger partial charge in [0.25, 0.3) is 0 Å². The SMILES string of the molecule is COc1cc(C(F)(F)F)cc(Br)c1C1(N)CCCCC1. The number of rotatable bonds is 2. The second-order valence-corrected chi connectivity index (χ2v) is 6.10. The molecule has 0 unspecified atom stereocenters. The first-order chi connectivity index (χ1) is 9.28. The molecule has 1 aliphatic rings. The lowest BCUT2D eigenvalue weighted by Crippen LogP contribution is -2.39. The number of halogens is 4. The van der Waals surface area contributed by atoms with Crippen LogP contribution >= 0.6 is 15.9 Å². The summed E-state index contributed by atoms with van der Waals surface area (Å²) in [6.07, 6.45) is 0.184. The normalized spacial score (nSPS) is 18.9. The van der Waals surface area contributed by atoms with Crippen molar-refractivity contribution in [1.82, 2.24) is 0 Å². The first-order valence-electron chi connectivity index (χ1n) is 6.52. The van der Waals surface area contributed by atoms with Gasteiger partial charge < -0.3 is 10.5 Å². The summed E-state index contributed by atoms with van der Waals surface area (Å²) < 4.78 is 44.1. The lowest BCUT2D eigenvalue weighted by atomic mass is 9.77. The number of hydrogen-bond acceptors (Lipinski definition) is 2. The summed E-state index contributed by atoms with van der Waals surface area (Å²) in [6, 6.07) is 2.12. The fourth-order valence-corrected chi connectivity index (χ4v) is 3.66. The van der Waals surface area contributed by atoms with Crippen LogP contribution in [0.3, 0.4) is 0 Å². The molecule has 2 N–H and O–H groups in total. The number of benzene rings is 1. The Morgan fingerprint density at radius 2 is 1.80 bits per heavy atom. The topological polar surface area (TPSA) is 35.2 Å². The van der Waals surface area contributed by atoms with Crippen molar-refractivity contribution in [2.24, 2.45) is 5.73 Å². The average Bonchev–Trinajstić information content (AvgIpc) is 2.37. The third-order valence-corrected chi connectivity index (χ3v) is 4.47. The van der Waals surface area contributed by atoms with E-state index in [1.54, 1.807) is 0 Å². The second-order valence-electron chi connectivity index (χ2n) is 5.25. The summed E-state index contributed by atoms with van der Waals surface area (Å²) >= 11 is 3.24. The van der Waals surface area contributed by atoms with E-state index < -0.39 is 17.3 Å². The van der Waals surface area contributed by atoms with Crippen LogP contribution in [-0.4, -0.2) is 7.11 Å². The smallest absolute Gasteiger partial charge is 0.416 e. The van der Waals surface area contributed by atoms with Gasteiger partial charge in [0, 0.05) is 15.6 Å². The van der Waals surface area contributed by atoms with Gasteiger partial charge in [0.15, 0.2) is 0 Å². The van der Waals surface area contributed by atoms with Gasteiger partial charge >= 0.3 is 6.18 Å². The van der Waals surface area contributed by atoms with E-state index in [9.17, 15) is 13.2 Å². The molecule has 0 aliphatic heterocycles. The van der Waals surface area contributed by atoms with Gasteiger partial charge in [0.1, 0.15) is 5.75 Å². The van der Waals surface area contributed by atoms with Crippen molar-refractivity contribution in [3.05, 3.63) is 27.7 Å². The first kappa shape index (κ1) is 15.6. The molecule has 2 nitrogen and oxygen atoms in total. The highest BCUT2D eigenvalue weighted by molar-refractivity contribution is 9.10.